The van der Waals surface area contributed by atoms with E-state index in [0.717, 1.165) is 69.2 Å². The van der Waals surface area contributed by atoms with E-state index in [1.165, 1.54) is 5.56 Å². The number of benzene rings is 2. The summed E-state index contributed by atoms with van der Waals surface area (Å²) in [6.45, 7) is 11.4. The van der Waals surface area contributed by atoms with E-state index in [1.807, 2.05) is 18.2 Å². The average molecular weight is 587 g/mol. The van der Waals surface area contributed by atoms with E-state index in [1.54, 1.807) is 6.08 Å². The first-order valence-electron chi connectivity index (χ1n) is 12.4. The van der Waals surface area contributed by atoms with Crippen molar-refractivity contribution in [1.29, 1.82) is 0 Å². The maximum Gasteiger partial charge on any atom is 0.290 e. The van der Waals surface area contributed by atoms with Crippen LogP contribution in [0, 0.1) is 20.8 Å². The van der Waals surface area contributed by atoms with E-state index in [2.05, 4.69) is 68.0 Å². The zero-order valence-electron chi connectivity index (χ0n) is 21.8. The van der Waals surface area contributed by atoms with Crippen LogP contribution in [0.1, 0.15) is 54.5 Å². The Morgan fingerprint density at radius 2 is 1.92 bits per heavy atom. The number of thioether (sulfide) groups is 1. The molecule has 0 spiro atoms. The third kappa shape index (κ3) is 6.07. The summed E-state index contributed by atoms with van der Waals surface area (Å²) in [7, 11) is 0. The number of carbonyl (C=O) groups is 2. The zero-order chi connectivity index (χ0) is 26.7. The molecule has 2 heterocycles. The highest BCUT2D eigenvalue weighted by Gasteiger charge is 2.36. The van der Waals surface area contributed by atoms with Crippen molar-refractivity contribution in [2.45, 2.75) is 59.5 Å². The second-order valence-electron chi connectivity index (χ2n) is 9.59. The van der Waals surface area contributed by atoms with Crippen LogP contribution in [0.4, 0.5) is 4.79 Å². The van der Waals surface area contributed by atoms with Crippen LogP contribution in [0.15, 0.2) is 39.7 Å². The largest absolute Gasteiger partial charge is 0.489 e. The number of fused-ring (bicyclic) bond motifs is 1. The van der Waals surface area contributed by atoms with E-state index in [-0.39, 0.29) is 11.1 Å². The molecule has 0 aliphatic carbocycles. The van der Waals surface area contributed by atoms with Crippen molar-refractivity contribution < 1.29 is 23.8 Å². The second kappa shape index (κ2) is 11.4. The van der Waals surface area contributed by atoms with Crippen molar-refractivity contribution in [3.63, 3.8) is 0 Å². The number of imide groups is 1. The molecule has 0 radical (unpaired) electrons. The molecule has 37 heavy (non-hydrogen) atoms. The predicted octanol–water partition coefficient (Wildman–Crippen LogP) is 7.21. The molecule has 196 valence electrons. The Bertz CT molecular complexity index is 1300. The average Bonchev–Trinajstić information content (AvgIpc) is 3.17. The van der Waals surface area contributed by atoms with Crippen LogP contribution in [0.5, 0.6) is 17.2 Å². The van der Waals surface area contributed by atoms with Gasteiger partial charge in [0.05, 0.1) is 9.38 Å². The maximum atomic E-state index is 11.8. The van der Waals surface area contributed by atoms with Crippen LogP contribution in [-0.4, -0.2) is 30.0 Å². The highest BCUT2D eigenvalue weighted by molar-refractivity contribution is 9.10. The SMILES string of the molecule is CCC=CCOc1c(C)c(C)c2c(c1C)CCC(C)(COc1ccc(C=C3SC(=O)NC3=O)cc1Br)O2. The number of rotatable bonds is 8. The molecule has 4 rings (SSSR count). The fourth-order valence-electron chi connectivity index (χ4n) is 4.49. The van der Waals surface area contributed by atoms with Gasteiger partial charge in [0.1, 0.15) is 36.1 Å². The van der Waals surface area contributed by atoms with E-state index in [9.17, 15) is 9.59 Å². The Hall–Kier alpha value is -2.71. The molecule has 1 atom stereocenters. The van der Waals surface area contributed by atoms with Crippen molar-refractivity contribution >= 4 is 44.9 Å². The molecule has 6 nitrogen and oxygen atoms in total. The minimum absolute atomic E-state index is 0.355. The Kier molecular flexibility index (Phi) is 8.39. The summed E-state index contributed by atoms with van der Waals surface area (Å²) in [6, 6.07) is 5.58. The minimum atomic E-state index is -0.484. The van der Waals surface area contributed by atoms with Gasteiger partial charge < -0.3 is 14.2 Å². The molecule has 2 aromatic carbocycles. The molecule has 1 unspecified atom stereocenters. The molecule has 2 aliphatic heterocycles. The maximum absolute atomic E-state index is 11.8. The van der Waals surface area contributed by atoms with Crippen molar-refractivity contribution in [3.05, 3.63) is 67.5 Å². The molecule has 2 aliphatic rings. The quantitative estimate of drug-likeness (QED) is 0.261. The fourth-order valence-corrected chi connectivity index (χ4v) is 5.69. The lowest BCUT2D eigenvalue weighted by Crippen LogP contribution is -2.42. The van der Waals surface area contributed by atoms with Crippen molar-refractivity contribution in [1.82, 2.24) is 5.32 Å². The molecule has 1 fully saturated rings. The molecule has 2 amide bonds. The summed E-state index contributed by atoms with van der Waals surface area (Å²) in [5, 5.41) is 1.91. The molecule has 0 saturated carbocycles. The van der Waals surface area contributed by atoms with Crippen LogP contribution in [0.25, 0.3) is 6.08 Å². The number of halogens is 1. The highest BCUT2D eigenvalue weighted by atomic mass is 79.9. The number of hydrogen-bond donors (Lipinski definition) is 1. The summed E-state index contributed by atoms with van der Waals surface area (Å²) in [6.07, 6.45) is 8.57. The van der Waals surface area contributed by atoms with Gasteiger partial charge in [0.25, 0.3) is 11.1 Å². The first-order chi connectivity index (χ1) is 17.6. The predicted molar refractivity (Wildman–Crippen MR) is 152 cm³/mol. The van der Waals surface area contributed by atoms with Crippen molar-refractivity contribution in [2.24, 2.45) is 0 Å². The minimum Gasteiger partial charge on any atom is -0.489 e. The number of carbonyl (C=O) groups excluding carboxylic acids is 2. The lowest BCUT2D eigenvalue weighted by Gasteiger charge is -2.38. The molecule has 2 aromatic rings. The van der Waals surface area contributed by atoms with Gasteiger partial charge in [-0.3, -0.25) is 14.9 Å². The second-order valence-corrected chi connectivity index (χ2v) is 11.5. The Morgan fingerprint density at radius 3 is 2.59 bits per heavy atom. The third-order valence-electron chi connectivity index (χ3n) is 6.72. The van der Waals surface area contributed by atoms with Gasteiger partial charge in [0.2, 0.25) is 0 Å². The van der Waals surface area contributed by atoms with E-state index < -0.39 is 5.60 Å². The van der Waals surface area contributed by atoms with E-state index in [0.29, 0.717) is 23.9 Å². The van der Waals surface area contributed by atoms with Gasteiger partial charge in [0, 0.05) is 5.56 Å². The molecule has 1 saturated heterocycles. The van der Waals surface area contributed by atoms with Gasteiger partial charge in [0.15, 0.2) is 0 Å². The standard InChI is InChI=1S/C29H32BrNO5S/c1-6-7-8-13-34-25-17(2)18(3)26-21(19(25)4)11-12-29(5,36-26)16-35-23-10-9-20(14-22(23)30)15-24-27(32)31-28(33)37-24/h7-10,14-15H,6,11-13,16H2,1-5H3,(H,31,32,33). The Morgan fingerprint density at radius 1 is 1.14 bits per heavy atom. The van der Waals surface area contributed by atoms with Crippen LogP contribution >= 0.6 is 27.7 Å². The number of allylic oxidation sites excluding steroid dienone is 1. The first kappa shape index (κ1) is 27.3. The molecular weight excluding hydrogens is 554 g/mol. The van der Waals surface area contributed by atoms with Crippen molar-refractivity contribution in [3.8, 4) is 17.2 Å². The van der Waals surface area contributed by atoms with Gasteiger partial charge in [-0.1, -0.05) is 25.1 Å². The van der Waals surface area contributed by atoms with E-state index in [4.69, 9.17) is 14.2 Å². The molecule has 1 N–H and O–H groups in total. The summed E-state index contributed by atoms with van der Waals surface area (Å²) in [5.41, 5.74) is 4.88. The summed E-state index contributed by atoms with van der Waals surface area (Å²) in [5.74, 6) is 2.20. The smallest absolute Gasteiger partial charge is 0.290 e. The van der Waals surface area contributed by atoms with Gasteiger partial charge >= 0.3 is 0 Å². The topological polar surface area (TPSA) is 73.9 Å². The molecule has 0 bridgehead atoms. The third-order valence-corrected chi connectivity index (χ3v) is 8.15. The number of hydrogen-bond acceptors (Lipinski definition) is 6. The summed E-state index contributed by atoms with van der Waals surface area (Å²) in [4.78, 5) is 23.6. The highest BCUT2D eigenvalue weighted by Crippen LogP contribution is 2.44. The van der Waals surface area contributed by atoms with Gasteiger partial charge in [-0.15, -0.1) is 0 Å². The van der Waals surface area contributed by atoms with Gasteiger partial charge in [-0.05, 0) is 115 Å². The zero-order valence-corrected chi connectivity index (χ0v) is 24.2. The van der Waals surface area contributed by atoms with Gasteiger partial charge in [-0.25, -0.2) is 0 Å². The lowest BCUT2D eigenvalue weighted by atomic mass is 9.87. The number of amides is 2. The fraction of sp³-hybridized carbons (Fsp3) is 0.379. The first-order valence-corrected chi connectivity index (χ1v) is 14.0. The van der Waals surface area contributed by atoms with Crippen LogP contribution in [0.3, 0.4) is 0 Å². The van der Waals surface area contributed by atoms with Gasteiger partial charge in [-0.2, -0.15) is 0 Å². The molecular formula is C29H32BrNO5S. The van der Waals surface area contributed by atoms with Crippen LogP contribution in [0.2, 0.25) is 0 Å². The Labute approximate surface area is 231 Å². The lowest BCUT2D eigenvalue weighted by molar-refractivity contribution is -0.115. The van der Waals surface area contributed by atoms with Crippen LogP contribution < -0.4 is 19.5 Å². The number of ether oxygens (including phenoxy) is 3. The normalized spacial score (nSPS) is 20.2. The molecule has 8 heteroatoms. The van der Waals surface area contributed by atoms with Crippen LogP contribution in [-0.2, 0) is 11.2 Å². The molecule has 0 aromatic heterocycles. The monoisotopic (exact) mass is 585 g/mol. The number of nitrogens with one attached hydrogen (secondary N) is 1. The Balaban J connectivity index is 1.47. The summed E-state index contributed by atoms with van der Waals surface area (Å²) < 4.78 is 19.7. The van der Waals surface area contributed by atoms with Crippen molar-refractivity contribution in [2.75, 3.05) is 13.2 Å². The summed E-state index contributed by atoms with van der Waals surface area (Å²) >= 11 is 4.47. The van der Waals surface area contributed by atoms with E-state index >= 15 is 0 Å².